The molecule has 1 aromatic carbocycles. The van der Waals surface area contributed by atoms with Crippen molar-refractivity contribution in [3.63, 3.8) is 0 Å². The lowest BCUT2D eigenvalue weighted by Crippen LogP contribution is -2.13. The van der Waals surface area contributed by atoms with Gasteiger partial charge in [0.25, 0.3) is 0 Å². The third kappa shape index (κ3) is 2.76. The topological polar surface area (TPSA) is 63.9 Å². The molecular formula is C14H18BrN3O. The van der Waals surface area contributed by atoms with E-state index < -0.39 is 0 Å². The minimum atomic E-state index is -0.00428. The third-order valence-corrected chi connectivity index (χ3v) is 3.53. The minimum Gasteiger partial charge on any atom is -0.496 e. The molecule has 0 unspecified atom stereocenters. The summed E-state index contributed by atoms with van der Waals surface area (Å²) in [7, 11) is 1.69. The van der Waals surface area contributed by atoms with Crippen LogP contribution in [0.25, 0.3) is 11.3 Å². The second-order valence-corrected chi connectivity index (χ2v) is 6.24. The summed E-state index contributed by atoms with van der Waals surface area (Å²) in [5, 5.41) is 0. The number of H-pyrrole nitrogens is 1. The molecule has 1 heterocycles. The van der Waals surface area contributed by atoms with Crippen molar-refractivity contribution in [1.82, 2.24) is 9.97 Å². The number of hydrogen-bond acceptors (Lipinski definition) is 3. The highest BCUT2D eigenvalue weighted by Gasteiger charge is 2.20. The lowest BCUT2D eigenvalue weighted by Gasteiger charge is -2.22. The second kappa shape index (κ2) is 4.89. The molecular weight excluding hydrogens is 306 g/mol. The van der Waals surface area contributed by atoms with Crippen molar-refractivity contribution in [2.75, 3.05) is 12.8 Å². The van der Waals surface area contributed by atoms with Crippen molar-refractivity contribution in [2.45, 2.75) is 26.2 Å². The molecule has 0 spiro atoms. The zero-order valence-corrected chi connectivity index (χ0v) is 13.1. The average molecular weight is 324 g/mol. The summed E-state index contributed by atoms with van der Waals surface area (Å²) >= 11 is 3.44. The Labute approximate surface area is 121 Å². The first-order chi connectivity index (χ1) is 8.82. The molecule has 2 rings (SSSR count). The summed E-state index contributed by atoms with van der Waals surface area (Å²) in [6.45, 7) is 6.47. The van der Waals surface area contributed by atoms with Gasteiger partial charge in [0, 0.05) is 11.1 Å². The number of aromatic amines is 1. The number of benzene rings is 1. The van der Waals surface area contributed by atoms with E-state index >= 15 is 0 Å². The number of nitrogen functional groups attached to an aromatic ring is 1. The van der Waals surface area contributed by atoms with Crippen molar-refractivity contribution in [1.29, 1.82) is 0 Å². The van der Waals surface area contributed by atoms with E-state index in [-0.39, 0.29) is 5.41 Å². The zero-order chi connectivity index (χ0) is 14.2. The molecule has 0 aliphatic heterocycles. The number of anilines is 1. The molecule has 3 N–H and O–H groups in total. The van der Waals surface area contributed by atoms with Crippen molar-refractivity contribution in [3.8, 4) is 17.0 Å². The molecule has 0 fully saturated rings. The molecule has 5 heteroatoms. The smallest absolute Gasteiger partial charge is 0.198 e. The fourth-order valence-corrected chi connectivity index (χ4v) is 2.52. The van der Waals surface area contributed by atoms with Crippen LogP contribution in [0.4, 0.5) is 5.95 Å². The van der Waals surface area contributed by atoms with Crippen LogP contribution in [0.3, 0.4) is 0 Å². The SMILES string of the molecule is COc1ccc(-c2nc(N)[nH]c2Br)cc1C(C)(C)C. The maximum atomic E-state index is 5.68. The Morgan fingerprint density at radius 1 is 1.32 bits per heavy atom. The summed E-state index contributed by atoms with van der Waals surface area (Å²) in [4.78, 5) is 7.24. The van der Waals surface area contributed by atoms with Crippen molar-refractivity contribution < 1.29 is 4.74 Å². The molecule has 102 valence electrons. The largest absolute Gasteiger partial charge is 0.496 e. The van der Waals surface area contributed by atoms with E-state index in [0.29, 0.717) is 5.95 Å². The van der Waals surface area contributed by atoms with E-state index in [1.807, 2.05) is 12.1 Å². The number of nitrogens with zero attached hydrogens (tertiary/aromatic N) is 1. The van der Waals surface area contributed by atoms with Crippen LogP contribution in [0.5, 0.6) is 5.75 Å². The molecule has 0 saturated heterocycles. The van der Waals surface area contributed by atoms with Crippen LogP contribution in [0, 0.1) is 0 Å². The average Bonchev–Trinajstić information content (AvgIpc) is 2.66. The highest BCUT2D eigenvalue weighted by atomic mass is 79.9. The van der Waals surface area contributed by atoms with Crippen LogP contribution < -0.4 is 10.5 Å². The van der Waals surface area contributed by atoms with Crippen molar-refractivity contribution >= 4 is 21.9 Å². The third-order valence-electron chi connectivity index (χ3n) is 2.96. The van der Waals surface area contributed by atoms with Gasteiger partial charge in [0.2, 0.25) is 0 Å². The van der Waals surface area contributed by atoms with Gasteiger partial charge in [-0.1, -0.05) is 20.8 Å². The molecule has 1 aromatic heterocycles. The normalized spacial score (nSPS) is 11.6. The second-order valence-electron chi connectivity index (χ2n) is 5.45. The molecule has 0 atom stereocenters. The molecule has 2 aromatic rings. The van der Waals surface area contributed by atoms with E-state index in [1.54, 1.807) is 7.11 Å². The maximum absolute atomic E-state index is 5.68. The number of nitrogens with one attached hydrogen (secondary N) is 1. The van der Waals surface area contributed by atoms with Gasteiger partial charge in [0.1, 0.15) is 16.0 Å². The van der Waals surface area contributed by atoms with Gasteiger partial charge in [0.15, 0.2) is 5.95 Å². The van der Waals surface area contributed by atoms with Crippen LogP contribution in [0.2, 0.25) is 0 Å². The van der Waals surface area contributed by atoms with Gasteiger partial charge >= 0.3 is 0 Å². The van der Waals surface area contributed by atoms with E-state index in [4.69, 9.17) is 10.5 Å². The van der Waals surface area contributed by atoms with Crippen molar-refractivity contribution in [2.24, 2.45) is 0 Å². The molecule has 0 aliphatic carbocycles. The number of nitrogens with two attached hydrogens (primary N) is 1. The molecule has 0 saturated carbocycles. The molecule has 0 radical (unpaired) electrons. The monoisotopic (exact) mass is 323 g/mol. The van der Waals surface area contributed by atoms with Crippen LogP contribution in [-0.4, -0.2) is 17.1 Å². The number of methoxy groups -OCH3 is 1. The first-order valence-electron chi connectivity index (χ1n) is 6.03. The Balaban J connectivity index is 2.58. The Bertz CT molecular complexity index is 599. The number of imidazole rings is 1. The maximum Gasteiger partial charge on any atom is 0.198 e. The summed E-state index contributed by atoms with van der Waals surface area (Å²) in [5.41, 5.74) is 8.63. The predicted molar refractivity (Wildman–Crippen MR) is 81.4 cm³/mol. The number of ether oxygens (including phenoxy) is 1. The van der Waals surface area contributed by atoms with Gasteiger partial charge in [-0.3, -0.25) is 0 Å². The van der Waals surface area contributed by atoms with Gasteiger partial charge < -0.3 is 15.5 Å². The summed E-state index contributed by atoms with van der Waals surface area (Å²) in [6, 6.07) is 6.04. The van der Waals surface area contributed by atoms with Crippen LogP contribution >= 0.6 is 15.9 Å². The fraction of sp³-hybridized carbons (Fsp3) is 0.357. The van der Waals surface area contributed by atoms with Gasteiger partial charge in [0.05, 0.1) is 7.11 Å². The summed E-state index contributed by atoms with van der Waals surface area (Å²) < 4.78 is 6.22. The Kier molecular flexibility index (Phi) is 3.58. The minimum absolute atomic E-state index is 0.00428. The van der Waals surface area contributed by atoms with E-state index in [9.17, 15) is 0 Å². The van der Waals surface area contributed by atoms with Gasteiger partial charge in [-0.2, -0.15) is 0 Å². The first kappa shape index (κ1) is 13.9. The Morgan fingerprint density at radius 3 is 2.47 bits per heavy atom. The standard InChI is InChI=1S/C14H18BrN3O/c1-14(2,3)9-7-8(5-6-10(9)19-4)11-12(15)18-13(16)17-11/h5-7H,1-4H3,(H3,16,17,18). The highest BCUT2D eigenvalue weighted by molar-refractivity contribution is 9.10. The lowest BCUT2D eigenvalue weighted by molar-refractivity contribution is 0.397. The van der Waals surface area contributed by atoms with Crippen molar-refractivity contribution in [3.05, 3.63) is 28.4 Å². The number of halogens is 1. The first-order valence-corrected chi connectivity index (χ1v) is 6.82. The van der Waals surface area contributed by atoms with Crippen LogP contribution in [-0.2, 0) is 5.41 Å². The summed E-state index contributed by atoms with van der Waals surface area (Å²) in [5.74, 6) is 1.28. The number of hydrogen-bond donors (Lipinski definition) is 2. The van der Waals surface area contributed by atoms with Crippen LogP contribution in [0.1, 0.15) is 26.3 Å². The van der Waals surface area contributed by atoms with Crippen LogP contribution in [0.15, 0.2) is 22.8 Å². The molecule has 4 nitrogen and oxygen atoms in total. The zero-order valence-electron chi connectivity index (χ0n) is 11.5. The van der Waals surface area contributed by atoms with E-state index in [1.165, 1.54) is 0 Å². The Hall–Kier alpha value is -1.49. The van der Waals surface area contributed by atoms with Gasteiger partial charge in [-0.05, 0) is 39.5 Å². The lowest BCUT2D eigenvalue weighted by atomic mass is 9.85. The molecule has 0 bridgehead atoms. The summed E-state index contributed by atoms with van der Waals surface area (Å²) in [6.07, 6.45) is 0. The Morgan fingerprint density at radius 2 is 2.00 bits per heavy atom. The highest BCUT2D eigenvalue weighted by Crippen LogP contribution is 2.36. The van der Waals surface area contributed by atoms with Gasteiger partial charge in [-0.15, -0.1) is 0 Å². The molecule has 0 aliphatic rings. The quantitative estimate of drug-likeness (QED) is 0.885. The molecule has 0 amide bonds. The van der Waals surface area contributed by atoms with E-state index in [2.05, 4.69) is 52.7 Å². The number of rotatable bonds is 2. The van der Waals surface area contributed by atoms with Gasteiger partial charge in [-0.25, -0.2) is 4.98 Å². The van der Waals surface area contributed by atoms with E-state index in [0.717, 1.165) is 27.2 Å². The fourth-order valence-electron chi connectivity index (χ4n) is 2.00. The molecule has 19 heavy (non-hydrogen) atoms. The predicted octanol–water partition coefficient (Wildman–Crippen LogP) is 3.73. The number of aromatic nitrogens is 2.